The molecule has 10 nitrogen and oxygen atoms in total. The van der Waals surface area contributed by atoms with Crippen LogP contribution in [-0.2, 0) is 31.1 Å². The van der Waals surface area contributed by atoms with E-state index < -0.39 is 26.0 Å². The number of aryl methyl sites for hydroxylation is 1. The number of nitrogens with one attached hydrogen (secondary N) is 1. The standard InChI is InChI=1S/C31H34ClN3O7S3/c1-2-33-42-45(39,40)19-9-7-16-34-26-20-24(23-10-4-3-5-11-23)12-14-28(26)41-30(34)22-31-35(17-6-8-18-44(36,37)38)27-21-25(32)13-15-29(27)43-31/h3-5,10-15,20-22,33H,2,6-9,16-19H2,1H3. The monoisotopic (exact) mass is 691 g/mol. The number of anilines is 1. The van der Waals surface area contributed by atoms with Crippen LogP contribution in [0.4, 0.5) is 5.69 Å². The van der Waals surface area contributed by atoms with Crippen LogP contribution < -0.4 is 19.7 Å². The average molecular weight is 692 g/mol. The Morgan fingerprint density at radius 2 is 1.76 bits per heavy atom. The number of hydrogen-bond acceptors (Lipinski definition) is 10. The fourth-order valence-electron chi connectivity index (χ4n) is 5.06. The third-order valence-corrected chi connectivity index (χ3v) is 10.5. The first kappa shape index (κ1) is 33.3. The molecule has 0 saturated heterocycles. The SMILES string of the molecule is CCNOS(=O)(=O)CCCCN1C(=Cc2sc3ccc(Cl)cc3[n+]2CCCCS(=O)(=O)[O-])Oc2ccc(-c3ccccc3)cc21. The summed E-state index contributed by atoms with van der Waals surface area (Å²) in [4.78, 5) is 2.05. The molecule has 0 saturated carbocycles. The number of thiazole rings is 1. The molecule has 2 heterocycles. The Kier molecular flexibility index (Phi) is 10.8. The minimum absolute atomic E-state index is 0.124. The molecule has 0 fully saturated rings. The van der Waals surface area contributed by atoms with E-state index in [0.717, 1.165) is 32.0 Å². The van der Waals surface area contributed by atoms with Gasteiger partial charge in [-0.2, -0.15) is 22.7 Å². The van der Waals surface area contributed by atoms with E-state index in [2.05, 4.69) is 16.1 Å². The van der Waals surface area contributed by atoms with Crippen molar-refractivity contribution in [2.24, 2.45) is 0 Å². The van der Waals surface area contributed by atoms with Crippen LogP contribution in [0.5, 0.6) is 5.75 Å². The third kappa shape index (κ3) is 8.82. The van der Waals surface area contributed by atoms with E-state index in [1.165, 1.54) is 0 Å². The molecule has 0 unspecified atom stereocenters. The number of ether oxygens (including phenoxy) is 1. The molecule has 0 radical (unpaired) electrons. The van der Waals surface area contributed by atoms with Crippen molar-refractivity contribution in [3.63, 3.8) is 0 Å². The smallest absolute Gasteiger partial charge is 0.283 e. The summed E-state index contributed by atoms with van der Waals surface area (Å²) in [6.45, 7) is 3.10. The summed E-state index contributed by atoms with van der Waals surface area (Å²) >= 11 is 7.88. The Morgan fingerprint density at radius 1 is 0.978 bits per heavy atom. The van der Waals surface area contributed by atoms with Crippen molar-refractivity contribution >= 4 is 65.2 Å². The van der Waals surface area contributed by atoms with E-state index in [9.17, 15) is 21.4 Å². The second-order valence-corrected chi connectivity index (χ2v) is 15.2. The molecule has 240 valence electrons. The van der Waals surface area contributed by atoms with Crippen LogP contribution in [0.2, 0.25) is 5.02 Å². The van der Waals surface area contributed by atoms with Gasteiger partial charge in [-0.1, -0.05) is 66.3 Å². The van der Waals surface area contributed by atoms with Crippen LogP contribution in [0.1, 0.15) is 37.6 Å². The van der Waals surface area contributed by atoms with E-state index in [-0.39, 0.29) is 12.2 Å². The van der Waals surface area contributed by atoms with E-state index in [1.54, 1.807) is 18.3 Å². The Morgan fingerprint density at radius 3 is 2.51 bits per heavy atom. The fourth-order valence-corrected chi connectivity index (χ4v) is 7.81. The molecule has 0 spiro atoms. The highest BCUT2D eigenvalue weighted by Crippen LogP contribution is 2.42. The van der Waals surface area contributed by atoms with Crippen LogP contribution in [0.3, 0.4) is 0 Å². The van der Waals surface area contributed by atoms with Crippen LogP contribution in [0.25, 0.3) is 27.4 Å². The van der Waals surface area contributed by atoms with Gasteiger partial charge < -0.3 is 14.2 Å². The van der Waals surface area contributed by atoms with Gasteiger partial charge in [0.25, 0.3) is 15.1 Å². The van der Waals surface area contributed by atoms with Gasteiger partial charge in [-0.3, -0.25) is 0 Å². The normalized spacial score (nSPS) is 14.3. The average Bonchev–Trinajstić information content (AvgIpc) is 3.52. The summed E-state index contributed by atoms with van der Waals surface area (Å²) in [5.41, 5.74) is 6.24. The lowest BCUT2D eigenvalue weighted by atomic mass is 10.0. The van der Waals surface area contributed by atoms with E-state index in [4.69, 9.17) is 20.6 Å². The van der Waals surface area contributed by atoms with Gasteiger partial charge in [0.15, 0.2) is 12.3 Å². The Balaban J connectivity index is 1.46. The van der Waals surface area contributed by atoms with Gasteiger partial charge in [0.2, 0.25) is 11.4 Å². The molecular formula is C31H34ClN3O7S3. The Bertz CT molecular complexity index is 1900. The summed E-state index contributed by atoms with van der Waals surface area (Å²) in [6, 6.07) is 21.6. The van der Waals surface area contributed by atoms with Crippen molar-refractivity contribution in [2.75, 3.05) is 29.5 Å². The van der Waals surface area contributed by atoms with Crippen LogP contribution >= 0.6 is 22.9 Å². The largest absolute Gasteiger partial charge is 0.748 e. The molecule has 45 heavy (non-hydrogen) atoms. The lowest BCUT2D eigenvalue weighted by molar-refractivity contribution is -0.669. The summed E-state index contributed by atoms with van der Waals surface area (Å²) in [6.07, 6.45) is 3.60. The molecule has 1 aromatic heterocycles. The number of unbranched alkanes of at least 4 members (excludes halogenated alkanes) is 2. The summed E-state index contributed by atoms with van der Waals surface area (Å²) in [5, 5.41) is 1.43. The lowest BCUT2D eigenvalue weighted by Crippen LogP contribution is -2.35. The molecule has 1 aliphatic heterocycles. The fraction of sp³-hybridized carbons (Fsp3) is 0.323. The van der Waals surface area contributed by atoms with Crippen molar-refractivity contribution in [3.05, 3.63) is 82.6 Å². The second kappa shape index (κ2) is 14.6. The predicted octanol–water partition coefficient (Wildman–Crippen LogP) is 5.68. The first-order valence-corrected chi connectivity index (χ1v) is 18.9. The molecular weight excluding hydrogens is 658 g/mol. The van der Waals surface area contributed by atoms with E-state index in [1.807, 2.05) is 71.6 Å². The van der Waals surface area contributed by atoms with Gasteiger partial charge in [0, 0.05) is 36.4 Å². The first-order chi connectivity index (χ1) is 21.5. The number of benzene rings is 3. The number of rotatable bonds is 15. The van der Waals surface area contributed by atoms with Crippen LogP contribution in [0.15, 0.2) is 72.6 Å². The summed E-state index contributed by atoms with van der Waals surface area (Å²) in [5.74, 6) is 0.717. The molecule has 0 amide bonds. The van der Waals surface area contributed by atoms with Crippen LogP contribution in [-0.4, -0.2) is 46.0 Å². The molecule has 4 aromatic rings. The quantitative estimate of drug-likeness (QED) is 0.0724. The number of nitrogens with zero attached hydrogens (tertiary/aromatic N) is 2. The Labute approximate surface area is 272 Å². The summed E-state index contributed by atoms with van der Waals surface area (Å²) < 4.78 is 72.1. The first-order valence-electron chi connectivity index (χ1n) is 14.6. The van der Waals surface area contributed by atoms with Crippen LogP contribution in [0, 0.1) is 0 Å². The van der Waals surface area contributed by atoms with Gasteiger partial charge in [-0.25, -0.2) is 8.42 Å². The zero-order chi connectivity index (χ0) is 32.0. The van der Waals surface area contributed by atoms with Gasteiger partial charge >= 0.3 is 0 Å². The minimum atomic E-state index is -4.30. The molecule has 0 atom stereocenters. The summed E-state index contributed by atoms with van der Waals surface area (Å²) in [7, 11) is -7.99. The predicted molar refractivity (Wildman–Crippen MR) is 176 cm³/mol. The number of hydrogen-bond donors (Lipinski definition) is 1. The topological polar surface area (TPSA) is 129 Å². The highest BCUT2D eigenvalue weighted by atomic mass is 35.5. The Hall–Kier alpha value is -3.04. The van der Waals surface area contributed by atoms with Crippen molar-refractivity contribution < 1.29 is 35.0 Å². The van der Waals surface area contributed by atoms with E-state index >= 15 is 0 Å². The zero-order valence-corrected chi connectivity index (χ0v) is 27.9. The number of fused-ring (bicyclic) bond motifs is 2. The highest BCUT2D eigenvalue weighted by molar-refractivity contribution is 7.86. The maximum atomic E-state index is 12.2. The molecule has 1 aliphatic rings. The highest BCUT2D eigenvalue weighted by Gasteiger charge is 2.29. The molecule has 1 N–H and O–H groups in total. The van der Waals surface area contributed by atoms with Gasteiger partial charge in [-0.05, 0) is 54.7 Å². The molecule has 0 bridgehead atoms. The third-order valence-electron chi connectivity index (χ3n) is 7.16. The molecule has 3 aromatic carbocycles. The molecule has 5 rings (SSSR count). The number of aromatic nitrogens is 1. The number of halogens is 1. The second-order valence-electron chi connectivity index (χ2n) is 10.5. The van der Waals surface area contributed by atoms with Crippen molar-refractivity contribution in [1.29, 1.82) is 0 Å². The van der Waals surface area contributed by atoms with Crippen molar-refractivity contribution in [3.8, 4) is 16.9 Å². The molecule has 14 heteroatoms. The van der Waals surface area contributed by atoms with Gasteiger partial charge in [0.1, 0.15) is 4.70 Å². The van der Waals surface area contributed by atoms with Gasteiger partial charge in [-0.15, -0.1) is 0 Å². The minimum Gasteiger partial charge on any atom is -0.748 e. The van der Waals surface area contributed by atoms with Gasteiger partial charge in [0.05, 0.1) is 27.6 Å². The van der Waals surface area contributed by atoms with Crippen molar-refractivity contribution in [2.45, 2.75) is 39.2 Å². The van der Waals surface area contributed by atoms with E-state index in [0.29, 0.717) is 55.6 Å². The maximum Gasteiger partial charge on any atom is 0.283 e. The lowest BCUT2D eigenvalue weighted by Gasteiger charge is -2.18. The number of hydroxylamine groups is 1. The van der Waals surface area contributed by atoms with Crippen molar-refractivity contribution in [1.82, 2.24) is 5.48 Å². The maximum absolute atomic E-state index is 12.2. The zero-order valence-electron chi connectivity index (χ0n) is 24.6. The molecule has 0 aliphatic carbocycles.